The Balaban J connectivity index is 0. The van der Waals surface area contributed by atoms with Crippen LogP contribution >= 0.6 is 0 Å². The summed E-state index contributed by atoms with van der Waals surface area (Å²) in [7, 11) is 0. The van der Waals surface area contributed by atoms with Crippen molar-refractivity contribution in [3.8, 4) is 0 Å². The van der Waals surface area contributed by atoms with E-state index in [1.807, 2.05) is 0 Å². The van der Waals surface area contributed by atoms with Crippen LogP contribution < -0.4 is 0 Å². The summed E-state index contributed by atoms with van der Waals surface area (Å²) >= 11 is 0. The van der Waals surface area contributed by atoms with Crippen LogP contribution in [0.25, 0.3) is 0 Å². The van der Waals surface area contributed by atoms with E-state index in [1.54, 1.807) is 0 Å². The van der Waals surface area contributed by atoms with Crippen LogP contribution in [0.5, 0.6) is 0 Å². The molecule has 0 spiro atoms. The van der Waals surface area contributed by atoms with Crippen molar-refractivity contribution in [3.05, 3.63) is 0 Å². The first-order chi connectivity index (χ1) is 1.41. The predicted octanol–water partition coefficient (Wildman–Crippen LogP) is 0.327. The second-order valence-electron chi connectivity index (χ2n) is 0.267. The number of alkyl halides is 1. The Hall–Kier alpha value is 0.930. The van der Waals surface area contributed by atoms with Gasteiger partial charge in [-0.05, 0) is 6.92 Å². The molecule has 0 rings (SSSR count). The normalized spacial score (nSPS) is 4.50. The second kappa shape index (κ2) is 9.06. The number of hydrogen-bond donors (Lipinski definition) is 0. The van der Waals surface area contributed by atoms with Gasteiger partial charge in [0, 0.05) is 0 Å². The molecule has 0 saturated heterocycles. The zero-order valence-electron chi connectivity index (χ0n) is 2.09. The number of hydrogen-bond acceptors (Lipinski definition) is 0. The first-order valence-electron chi connectivity index (χ1n) is 0.974. The Bertz CT molecular complexity index is 6.00. The molecule has 0 fully saturated rings. The molecule has 2 heteroatoms. The first kappa shape index (κ1) is 8.87. The van der Waals surface area contributed by atoms with Crippen molar-refractivity contribution >= 4 is 29.6 Å². The predicted molar refractivity (Wildman–Crippen MR) is 18.8 cm³/mol. The summed E-state index contributed by atoms with van der Waals surface area (Å²) in [5.41, 5.74) is 0. The molecule has 0 aromatic rings. The molecule has 0 amide bonds. The van der Waals surface area contributed by atoms with Crippen LogP contribution in [0.4, 0.5) is 4.39 Å². The van der Waals surface area contributed by atoms with E-state index in [9.17, 15) is 4.39 Å². The van der Waals surface area contributed by atoms with Crippen LogP contribution in [0.3, 0.4) is 0 Å². The summed E-state index contributed by atoms with van der Waals surface area (Å²) in [5.74, 6) is 0. The maximum absolute atomic E-state index is 10.3. The Morgan fingerprint density at radius 2 is 1.75 bits per heavy atom. The van der Waals surface area contributed by atoms with E-state index in [0.29, 0.717) is 0 Å². The van der Waals surface area contributed by atoms with Crippen LogP contribution in [0, 0.1) is 0 Å². The van der Waals surface area contributed by atoms with Crippen molar-refractivity contribution < 1.29 is 4.39 Å². The van der Waals surface area contributed by atoms with Gasteiger partial charge in [-0.1, -0.05) is 0 Å². The van der Waals surface area contributed by atoms with Gasteiger partial charge in [0.2, 0.25) is 0 Å². The minimum atomic E-state index is -0.250. The third kappa shape index (κ3) is 12.6. The monoisotopic (exact) mass is 72.0 g/mol. The van der Waals surface area contributed by atoms with Gasteiger partial charge in [-0.25, -0.2) is 0 Å². The molecule has 0 aliphatic carbocycles. The van der Waals surface area contributed by atoms with Gasteiger partial charge in [0.1, 0.15) is 0 Å². The van der Waals surface area contributed by atoms with Gasteiger partial charge in [0.05, 0.1) is 6.67 Å². The van der Waals surface area contributed by atoms with Crippen molar-refractivity contribution in [2.24, 2.45) is 0 Å². The Kier molecular flexibility index (Phi) is 20.1. The number of rotatable bonds is 0. The van der Waals surface area contributed by atoms with E-state index in [1.165, 1.54) is 6.92 Å². The summed E-state index contributed by atoms with van der Waals surface area (Å²) in [6, 6.07) is 0. The van der Waals surface area contributed by atoms with Crippen molar-refractivity contribution in [1.29, 1.82) is 0 Å². The van der Waals surface area contributed by atoms with Crippen LogP contribution in [0.1, 0.15) is 6.92 Å². The molecular weight excluding hydrogens is 66.0 g/mol. The zero-order valence-corrected chi connectivity index (χ0v) is 2.09. The van der Waals surface area contributed by atoms with Gasteiger partial charge >= 0.3 is 29.6 Å². The Morgan fingerprint density at radius 3 is 1.75 bits per heavy atom. The average Bonchev–Trinajstić information content (AvgIpc) is 0.918. The molecule has 0 heterocycles. The molecule has 0 aromatic carbocycles. The standard InChI is InChI=1S/C2H5F.Na.H/c1-2-3;;/h2H2,1H3;;. The summed E-state index contributed by atoms with van der Waals surface area (Å²) in [5, 5.41) is 0. The molecule has 0 nitrogen and oxygen atoms in total. The SMILES string of the molecule is CCF.[NaH]. The van der Waals surface area contributed by atoms with Gasteiger partial charge in [-0.3, -0.25) is 4.39 Å². The first-order valence-corrected chi connectivity index (χ1v) is 0.974. The van der Waals surface area contributed by atoms with Crippen LogP contribution in [-0.2, 0) is 0 Å². The fourth-order valence-electron chi connectivity index (χ4n) is 0. The summed E-state index contributed by atoms with van der Waals surface area (Å²) in [6.07, 6.45) is 0. The maximum atomic E-state index is 10.3. The van der Waals surface area contributed by atoms with Crippen molar-refractivity contribution in [1.82, 2.24) is 0 Å². The molecule has 22 valence electrons. The van der Waals surface area contributed by atoms with E-state index in [2.05, 4.69) is 0 Å². The van der Waals surface area contributed by atoms with E-state index in [0.717, 1.165) is 0 Å². The van der Waals surface area contributed by atoms with Gasteiger partial charge in [-0.2, -0.15) is 0 Å². The third-order valence-electron chi connectivity index (χ3n) is 0. The van der Waals surface area contributed by atoms with Crippen LogP contribution in [-0.4, -0.2) is 36.2 Å². The minimum absolute atomic E-state index is 0. The van der Waals surface area contributed by atoms with E-state index in [-0.39, 0.29) is 36.2 Å². The number of halogens is 1. The summed E-state index contributed by atoms with van der Waals surface area (Å²) < 4.78 is 10.3. The molecule has 4 heavy (non-hydrogen) atoms. The van der Waals surface area contributed by atoms with E-state index in [4.69, 9.17) is 0 Å². The fourth-order valence-corrected chi connectivity index (χ4v) is 0. The van der Waals surface area contributed by atoms with Gasteiger partial charge in [-0.15, -0.1) is 0 Å². The van der Waals surface area contributed by atoms with Crippen molar-refractivity contribution in [2.75, 3.05) is 6.67 Å². The third-order valence-corrected chi connectivity index (χ3v) is 0. The molecule has 0 unspecified atom stereocenters. The molecule has 0 atom stereocenters. The van der Waals surface area contributed by atoms with E-state index < -0.39 is 0 Å². The molecule has 0 bridgehead atoms. The summed E-state index contributed by atoms with van der Waals surface area (Å²) in [6.45, 7) is 1.21. The van der Waals surface area contributed by atoms with Gasteiger partial charge < -0.3 is 0 Å². The average molecular weight is 72.1 g/mol. The quantitative estimate of drug-likeness (QED) is 0.362. The van der Waals surface area contributed by atoms with Crippen LogP contribution in [0.2, 0.25) is 0 Å². The molecule has 0 N–H and O–H groups in total. The topological polar surface area (TPSA) is 0 Å². The molecule has 0 aliphatic rings. The Morgan fingerprint density at radius 1 is 1.75 bits per heavy atom. The van der Waals surface area contributed by atoms with Gasteiger partial charge in [0.25, 0.3) is 0 Å². The second-order valence-corrected chi connectivity index (χ2v) is 0.267. The zero-order chi connectivity index (χ0) is 2.71. The molecular formula is C2H6FNa. The molecule has 0 aromatic heterocycles. The molecule has 0 aliphatic heterocycles. The molecule has 0 radical (unpaired) electrons. The van der Waals surface area contributed by atoms with Gasteiger partial charge in [0.15, 0.2) is 0 Å². The van der Waals surface area contributed by atoms with E-state index >= 15 is 0 Å². The molecule has 0 saturated carbocycles. The Labute approximate surface area is 47.7 Å². The fraction of sp³-hybridized carbons (Fsp3) is 1.00. The van der Waals surface area contributed by atoms with Crippen molar-refractivity contribution in [2.45, 2.75) is 6.92 Å². The van der Waals surface area contributed by atoms with Crippen LogP contribution in [0.15, 0.2) is 0 Å². The van der Waals surface area contributed by atoms with Crippen molar-refractivity contribution in [3.63, 3.8) is 0 Å². The summed E-state index contributed by atoms with van der Waals surface area (Å²) in [4.78, 5) is 0.